The first-order chi connectivity index (χ1) is 12.7. The smallest absolute Gasteiger partial charge is 0.417 e. The average molecular weight is 398 g/mol. The van der Waals surface area contributed by atoms with E-state index < -0.39 is 34.8 Å². The third-order valence-corrected chi connectivity index (χ3v) is 3.82. The van der Waals surface area contributed by atoms with Crippen molar-refractivity contribution >= 4 is 23.2 Å². The van der Waals surface area contributed by atoms with Crippen molar-refractivity contribution in [2.75, 3.05) is 5.32 Å². The standard InChI is InChI=1S/C17H11ClF3N3O3/c18-12-4-3-10(8-11(12)17(19,20)21)22-15(25)9-24-16(26)6-5-13(23-24)14-2-1-7-27-14/h1-8H,9H2,(H,22,25). The number of hydrogen-bond donors (Lipinski definition) is 1. The highest BCUT2D eigenvalue weighted by Gasteiger charge is 2.33. The van der Waals surface area contributed by atoms with Crippen LogP contribution in [0.15, 0.2) is 57.9 Å². The summed E-state index contributed by atoms with van der Waals surface area (Å²) >= 11 is 5.54. The molecular formula is C17H11ClF3N3O3. The molecule has 0 fully saturated rings. The molecule has 0 saturated carbocycles. The topological polar surface area (TPSA) is 77.1 Å². The molecule has 3 aromatic rings. The number of nitrogens with zero attached hydrogens (tertiary/aromatic N) is 2. The normalized spacial score (nSPS) is 11.4. The van der Waals surface area contributed by atoms with Crippen LogP contribution in [0.5, 0.6) is 0 Å². The molecule has 0 saturated heterocycles. The number of carbonyl (C=O) groups is 1. The van der Waals surface area contributed by atoms with E-state index >= 15 is 0 Å². The predicted octanol–water partition coefficient (Wildman–Crippen LogP) is 3.81. The van der Waals surface area contributed by atoms with Gasteiger partial charge in [-0.2, -0.15) is 18.3 Å². The van der Waals surface area contributed by atoms with Gasteiger partial charge in [0.2, 0.25) is 5.91 Å². The van der Waals surface area contributed by atoms with Crippen molar-refractivity contribution in [2.24, 2.45) is 0 Å². The summed E-state index contributed by atoms with van der Waals surface area (Å²) in [4.78, 5) is 24.0. The lowest BCUT2D eigenvalue weighted by molar-refractivity contribution is -0.137. The van der Waals surface area contributed by atoms with Gasteiger partial charge in [-0.25, -0.2) is 4.68 Å². The molecule has 0 radical (unpaired) electrons. The van der Waals surface area contributed by atoms with Gasteiger partial charge in [0.15, 0.2) is 5.76 Å². The summed E-state index contributed by atoms with van der Waals surface area (Å²) in [5.41, 5.74) is -1.39. The molecule has 1 aromatic carbocycles. The molecule has 0 unspecified atom stereocenters. The Morgan fingerprint density at radius 1 is 1.22 bits per heavy atom. The maximum atomic E-state index is 12.9. The lowest BCUT2D eigenvalue weighted by Crippen LogP contribution is -2.29. The van der Waals surface area contributed by atoms with Gasteiger partial charge in [-0.15, -0.1) is 0 Å². The van der Waals surface area contributed by atoms with Crippen LogP contribution in [0, 0.1) is 0 Å². The first kappa shape index (κ1) is 18.7. The van der Waals surface area contributed by atoms with E-state index in [4.69, 9.17) is 16.0 Å². The molecule has 1 amide bonds. The number of aromatic nitrogens is 2. The largest absolute Gasteiger partial charge is 0.463 e. The number of rotatable bonds is 4. The fourth-order valence-corrected chi connectivity index (χ4v) is 2.50. The van der Waals surface area contributed by atoms with E-state index in [9.17, 15) is 22.8 Å². The molecule has 27 heavy (non-hydrogen) atoms. The van der Waals surface area contributed by atoms with Crippen molar-refractivity contribution in [1.82, 2.24) is 9.78 Å². The molecular weight excluding hydrogens is 387 g/mol. The fraction of sp³-hybridized carbons (Fsp3) is 0.118. The van der Waals surface area contributed by atoms with E-state index in [0.29, 0.717) is 11.5 Å². The molecule has 6 nitrogen and oxygen atoms in total. The molecule has 0 bridgehead atoms. The molecule has 10 heteroatoms. The van der Waals surface area contributed by atoms with Crippen LogP contribution in [0.1, 0.15) is 5.56 Å². The summed E-state index contributed by atoms with van der Waals surface area (Å²) in [5, 5.41) is 5.82. The molecule has 140 valence electrons. The molecule has 0 aliphatic rings. The minimum atomic E-state index is -4.66. The number of halogens is 4. The van der Waals surface area contributed by atoms with E-state index in [1.165, 1.54) is 24.5 Å². The van der Waals surface area contributed by atoms with Crippen molar-refractivity contribution in [3.05, 3.63) is 69.7 Å². The van der Waals surface area contributed by atoms with Crippen LogP contribution in [-0.2, 0) is 17.5 Å². The Balaban J connectivity index is 1.79. The second kappa shape index (κ2) is 7.28. The summed E-state index contributed by atoms with van der Waals surface area (Å²) < 4.78 is 44.7. The third kappa shape index (κ3) is 4.37. The lowest BCUT2D eigenvalue weighted by atomic mass is 10.2. The Kier molecular flexibility index (Phi) is 5.04. The number of nitrogens with one attached hydrogen (secondary N) is 1. The zero-order chi connectivity index (χ0) is 19.6. The number of furan rings is 1. The van der Waals surface area contributed by atoms with Crippen LogP contribution >= 0.6 is 11.6 Å². The first-order valence-corrected chi connectivity index (χ1v) is 7.90. The predicted molar refractivity (Wildman–Crippen MR) is 91.3 cm³/mol. The molecule has 0 spiro atoms. The first-order valence-electron chi connectivity index (χ1n) is 7.53. The van der Waals surface area contributed by atoms with Gasteiger partial charge in [-0.05, 0) is 36.4 Å². The van der Waals surface area contributed by atoms with Crippen molar-refractivity contribution in [3.63, 3.8) is 0 Å². The van der Waals surface area contributed by atoms with Gasteiger partial charge in [0, 0.05) is 11.8 Å². The molecule has 2 aromatic heterocycles. The summed E-state index contributed by atoms with van der Waals surface area (Å²) in [6.07, 6.45) is -3.23. The lowest BCUT2D eigenvalue weighted by Gasteiger charge is -2.12. The number of alkyl halides is 3. The molecule has 0 aliphatic carbocycles. The summed E-state index contributed by atoms with van der Waals surface area (Å²) in [6, 6.07) is 8.89. The quantitative estimate of drug-likeness (QED) is 0.726. The van der Waals surface area contributed by atoms with Crippen LogP contribution in [0.4, 0.5) is 18.9 Å². The van der Waals surface area contributed by atoms with Gasteiger partial charge < -0.3 is 9.73 Å². The Bertz CT molecular complexity index is 1030. The zero-order valence-corrected chi connectivity index (χ0v) is 14.2. The van der Waals surface area contributed by atoms with Gasteiger partial charge in [0.25, 0.3) is 5.56 Å². The van der Waals surface area contributed by atoms with Crippen LogP contribution in [0.3, 0.4) is 0 Å². The van der Waals surface area contributed by atoms with E-state index in [2.05, 4.69) is 10.4 Å². The number of hydrogen-bond acceptors (Lipinski definition) is 4. The summed E-state index contributed by atoms with van der Waals surface area (Å²) in [5.74, 6) is -0.326. The molecule has 0 atom stereocenters. The Morgan fingerprint density at radius 3 is 2.67 bits per heavy atom. The van der Waals surface area contributed by atoms with Gasteiger partial charge in [-0.1, -0.05) is 11.6 Å². The monoisotopic (exact) mass is 397 g/mol. The number of carbonyl (C=O) groups excluding carboxylic acids is 1. The van der Waals surface area contributed by atoms with Gasteiger partial charge in [0.1, 0.15) is 12.2 Å². The van der Waals surface area contributed by atoms with Gasteiger partial charge in [0.05, 0.1) is 16.8 Å². The number of anilines is 1. The molecule has 2 heterocycles. The third-order valence-electron chi connectivity index (χ3n) is 3.49. The number of benzene rings is 1. The Morgan fingerprint density at radius 2 is 2.00 bits per heavy atom. The van der Waals surface area contributed by atoms with Crippen LogP contribution in [-0.4, -0.2) is 15.7 Å². The fourth-order valence-electron chi connectivity index (χ4n) is 2.27. The van der Waals surface area contributed by atoms with Crippen LogP contribution < -0.4 is 10.9 Å². The van der Waals surface area contributed by atoms with Crippen molar-refractivity contribution in [3.8, 4) is 11.5 Å². The van der Waals surface area contributed by atoms with E-state index in [1.54, 1.807) is 12.1 Å². The molecule has 1 N–H and O–H groups in total. The number of amides is 1. The van der Waals surface area contributed by atoms with Crippen LogP contribution in [0.25, 0.3) is 11.5 Å². The van der Waals surface area contributed by atoms with Crippen molar-refractivity contribution < 1.29 is 22.4 Å². The minimum Gasteiger partial charge on any atom is -0.463 e. The maximum Gasteiger partial charge on any atom is 0.417 e. The molecule has 0 aliphatic heterocycles. The highest BCUT2D eigenvalue weighted by molar-refractivity contribution is 6.31. The summed E-state index contributed by atoms with van der Waals surface area (Å²) in [6.45, 7) is -0.489. The maximum absolute atomic E-state index is 12.9. The van der Waals surface area contributed by atoms with Crippen molar-refractivity contribution in [2.45, 2.75) is 12.7 Å². The molecule has 3 rings (SSSR count). The minimum absolute atomic E-state index is 0.105. The highest BCUT2D eigenvalue weighted by atomic mass is 35.5. The SMILES string of the molecule is O=C(Cn1nc(-c2ccco2)ccc1=O)Nc1ccc(Cl)c(C(F)(F)F)c1. The van der Waals surface area contributed by atoms with E-state index in [1.807, 2.05) is 0 Å². The second-order valence-corrected chi connectivity index (χ2v) is 5.84. The second-order valence-electron chi connectivity index (χ2n) is 5.43. The van der Waals surface area contributed by atoms with E-state index in [-0.39, 0.29) is 5.69 Å². The highest BCUT2D eigenvalue weighted by Crippen LogP contribution is 2.36. The summed E-state index contributed by atoms with van der Waals surface area (Å²) in [7, 11) is 0. The van der Waals surface area contributed by atoms with E-state index in [0.717, 1.165) is 16.8 Å². The van der Waals surface area contributed by atoms with Crippen LogP contribution in [0.2, 0.25) is 5.02 Å². The Hall–Kier alpha value is -3.07. The van der Waals surface area contributed by atoms with Gasteiger partial charge >= 0.3 is 6.18 Å². The average Bonchev–Trinajstić information content (AvgIpc) is 3.12. The zero-order valence-electron chi connectivity index (χ0n) is 13.5. The van der Waals surface area contributed by atoms with Gasteiger partial charge in [-0.3, -0.25) is 9.59 Å². The Labute approximate surface area is 155 Å². The van der Waals surface area contributed by atoms with Crippen molar-refractivity contribution in [1.29, 1.82) is 0 Å².